The average Bonchev–Trinajstić information content (AvgIpc) is 3.62. The highest BCUT2D eigenvalue weighted by molar-refractivity contribution is 5.83. The summed E-state index contributed by atoms with van der Waals surface area (Å²) in [4.78, 5) is 8.72. The van der Waals surface area contributed by atoms with Crippen LogP contribution in [0.25, 0.3) is 10.9 Å². The van der Waals surface area contributed by atoms with Gasteiger partial charge in [0.2, 0.25) is 5.96 Å². The zero-order valence-corrected chi connectivity index (χ0v) is 21.9. The summed E-state index contributed by atoms with van der Waals surface area (Å²) in [6.45, 7) is 3.41. The van der Waals surface area contributed by atoms with Gasteiger partial charge in [-0.2, -0.15) is 26.3 Å². The Hall–Kier alpha value is -3.74. The minimum Gasteiger partial charge on any atom is -0.356 e. The number of halogens is 6. The number of benzene rings is 2. The summed E-state index contributed by atoms with van der Waals surface area (Å²) in [6, 6.07) is 11.2. The van der Waals surface area contributed by atoms with E-state index in [-0.39, 0.29) is 30.7 Å². The van der Waals surface area contributed by atoms with Gasteiger partial charge in [-0.15, -0.1) is 10.6 Å². The smallest absolute Gasteiger partial charge is 0.356 e. The van der Waals surface area contributed by atoms with E-state index in [0.29, 0.717) is 12.5 Å². The maximum atomic E-state index is 13.6. The molecule has 0 bridgehead atoms. The molecule has 1 saturated carbocycles. The second kappa shape index (κ2) is 10.7. The Morgan fingerprint density at radius 2 is 1.60 bits per heavy atom. The van der Waals surface area contributed by atoms with E-state index in [9.17, 15) is 26.3 Å². The number of hydrogen-bond donors (Lipinski definition) is 2. The van der Waals surface area contributed by atoms with Crippen LogP contribution in [0.4, 0.5) is 32.2 Å². The molecule has 13 heteroatoms. The van der Waals surface area contributed by atoms with E-state index in [2.05, 4.69) is 21.0 Å². The molecule has 1 aromatic heterocycles. The van der Waals surface area contributed by atoms with Crippen LogP contribution in [-0.4, -0.2) is 41.1 Å². The van der Waals surface area contributed by atoms with Crippen molar-refractivity contribution in [3.8, 4) is 0 Å². The topological polar surface area (TPSA) is 59.0 Å². The van der Waals surface area contributed by atoms with Crippen LogP contribution >= 0.6 is 0 Å². The van der Waals surface area contributed by atoms with Crippen LogP contribution in [0.5, 0.6) is 0 Å². The summed E-state index contributed by atoms with van der Waals surface area (Å²) in [5.41, 5.74) is 4.32. The van der Waals surface area contributed by atoms with Crippen molar-refractivity contribution < 1.29 is 26.3 Å². The number of hydrogen-bond acceptors (Lipinski definition) is 7. The van der Waals surface area contributed by atoms with Crippen LogP contribution < -0.4 is 15.9 Å². The van der Waals surface area contributed by atoms with Gasteiger partial charge in [0.1, 0.15) is 5.82 Å². The molecule has 1 aliphatic carbocycles. The SMILES string of the molecule is CCN(CC1CC1)c1nc2ccccc2cc1CN(Cc1cc(C(F)(F)F)cc(C(F)(F)F)c1)C1=NN(C)NN1. The van der Waals surface area contributed by atoms with E-state index >= 15 is 0 Å². The Labute approximate surface area is 227 Å². The third kappa shape index (κ3) is 6.35. The highest BCUT2D eigenvalue weighted by Crippen LogP contribution is 2.37. The zero-order valence-electron chi connectivity index (χ0n) is 21.9. The first-order valence-corrected chi connectivity index (χ1v) is 12.9. The van der Waals surface area contributed by atoms with Gasteiger partial charge in [0.05, 0.1) is 16.6 Å². The predicted molar refractivity (Wildman–Crippen MR) is 140 cm³/mol. The van der Waals surface area contributed by atoms with Gasteiger partial charge in [0.25, 0.3) is 0 Å². The molecule has 0 radical (unpaired) electrons. The van der Waals surface area contributed by atoms with E-state index in [0.717, 1.165) is 53.8 Å². The first kappa shape index (κ1) is 27.8. The quantitative estimate of drug-likeness (QED) is 0.340. The molecular weight excluding hydrogens is 536 g/mol. The Bertz CT molecular complexity index is 1370. The van der Waals surface area contributed by atoms with Crippen molar-refractivity contribution in [2.45, 2.75) is 45.2 Å². The van der Waals surface area contributed by atoms with Crippen LogP contribution in [-0.2, 0) is 25.4 Å². The molecule has 2 aromatic carbocycles. The molecule has 5 rings (SSSR count). The Balaban J connectivity index is 1.57. The van der Waals surface area contributed by atoms with Gasteiger partial charge in [0, 0.05) is 44.2 Å². The molecule has 0 spiro atoms. The number of para-hydroxylation sites is 1. The summed E-state index contributed by atoms with van der Waals surface area (Å²) >= 11 is 0. The van der Waals surface area contributed by atoms with E-state index < -0.39 is 23.5 Å². The lowest BCUT2D eigenvalue weighted by molar-refractivity contribution is -0.143. The van der Waals surface area contributed by atoms with Gasteiger partial charge in [-0.3, -0.25) is 5.43 Å². The lowest BCUT2D eigenvalue weighted by Crippen LogP contribution is -2.44. The predicted octanol–water partition coefficient (Wildman–Crippen LogP) is 5.74. The second-order valence-corrected chi connectivity index (χ2v) is 10.1. The molecule has 1 aliphatic heterocycles. The summed E-state index contributed by atoms with van der Waals surface area (Å²) in [5, 5.41) is 6.55. The third-order valence-electron chi connectivity index (χ3n) is 6.89. The van der Waals surface area contributed by atoms with Crippen LogP contribution in [0.1, 0.15) is 42.0 Å². The van der Waals surface area contributed by atoms with Crippen molar-refractivity contribution >= 4 is 22.7 Å². The number of aromatic nitrogens is 1. The minimum atomic E-state index is -4.94. The maximum Gasteiger partial charge on any atom is 0.416 e. The molecule has 7 nitrogen and oxygen atoms in total. The van der Waals surface area contributed by atoms with Crippen LogP contribution in [0.2, 0.25) is 0 Å². The molecular formula is C27H29F6N7. The van der Waals surface area contributed by atoms with Gasteiger partial charge in [-0.25, -0.2) is 10.1 Å². The Morgan fingerprint density at radius 1 is 0.925 bits per heavy atom. The molecule has 0 saturated heterocycles. The maximum absolute atomic E-state index is 13.6. The fourth-order valence-electron chi connectivity index (χ4n) is 4.72. The lowest BCUT2D eigenvalue weighted by Gasteiger charge is -2.29. The van der Waals surface area contributed by atoms with E-state index in [1.165, 1.54) is 5.12 Å². The first-order chi connectivity index (χ1) is 18.9. The lowest BCUT2D eigenvalue weighted by atomic mass is 10.0. The first-order valence-electron chi connectivity index (χ1n) is 12.9. The molecule has 3 aromatic rings. The number of hydrazone groups is 1. The number of alkyl halides is 6. The van der Waals surface area contributed by atoms with E-state index in [1.807, 2.05) is 37.3 Å². The van der Waals surface area contributed by atoms with E-state index in [4.69, 9.17) is 4.98 Å². The number of fused-ring (bicyclic) bond motifs is 1. The highest BCUT2D eigenvalue weighted by Gasteiger charge is 2.37. The number of anilines is 1. The average molecular weight is 566 g/mol. The molecule has 0 atom stereocenters. The largest absolute Gasteiger partial charge is 0.416 e. The monoisotopic (exact) mass is 565 g/mol. The fraction of sp³-hybridized carbons (Fsp3) is 0.407. The molecule has 2 N–H and O–H groups in total. The Kier molecular flexibility index (Phi) is 7.42. The molecule has 40 heavy (non-hydrogen) atoms. The summed E-state index contributed by atoms with van der Waals surface area (Å²) in [5.74, 6) is 1.55. The number of guanidine groups is 1. The van der Waals surface area contributed by atoms with Gasteiger partial charge in [-0.05, 0) is 61.6 Å². The van der Waals surface area contributed by atoms with Crippen LogP contribution in [0.15, 0.2) is 53.6 Å². The number of pyridine rings is 1. The molecule has 2 heterocycles. The zero-order chi connectivity index (χ0) is 28.7. The van der Waals surface area contributed by atoms with Crippen LogP contribution in [0.3, 0.4) is 0 Å². The fourth-order valence-corrected chi connectivity index (χ4v) is 4.72. The van der Waals surface area contributed by atoms with Crippen molar-refractivity contribution in [1.29, 1.82) is 0 Å². The van der Waals surface area contributed by atoms with Gasteiger partial charge in [-0.1, -0.05) is 18.2 Å². The number of nitrogens with one attached hydrogen (secondary N) is 2. The summed E-state index contributed by atoms with van der Waals surface area (Å²) in [7, 11) is 1.61. The Morgan fingerprint density at radius 3 is 2.17 bits per heavy atom. The van der Waals surface area contributed by atoms with Gasteiger partial charge >= 0.3 is 12.4 Å². The van der Waals surface area contributed by atoms with E-state index in [1.54, 1.807) is 11.9 Å². The van der Waals surface area contributed by atoms with Crippen LogP contribution in [0, 0.1) is 5.92 Å². The van der Waals surface area contributed by atoms with Crippen molar-refractivity contribution in [3.05, 3.63) is 70.8 Å². The molecule has 214 valence electrons. The summed E-state index contributed by atoms with van der Waals surface area (Å²) in [6.07, 6.45) is -7.60. The molecule has 2 aliphatic rings. The molecule has 0 amide bonds. The number of hydrazine groups is 2. The van der Waals surface area contributed by atoms with Crippen molar-refractivity contribution in [2.24, 2.45) is 11.0 Å². The normalized spacial score (nSPS) is 15.8. The minimum absolute atomic E-state index is 0.132. The molecule has 1 fully saturated rings. The summed E-state index contributed by atoms with van der Waals surface area (Å²) < 4.78 is 81.4. The second-order valence-electron chi connectivity index (χ2n) is 10.1. The number of nitrogens with zero attached hydrogens (tertiary/aromatic N) is 5. The van der Waals surface area contributed by atoms with Crippen molar-refractivity contribution in [1.82, 2.24) is 26.0 Å². The molecule has 0 unspecified atom stereocenters. The third-order valence-corrected chi connectivity index (χ3v) is 6.89. The van der Waals surface area contributed by atoms with Crippen molar-refractivity contribution in [3.63, 3.8) is 0 Å². The highest BCUT2D eigenvalue weighted by atomic mass is 19.4. The van der Waals surface area contributed by atoms with Gasteiger partial charge in [0.15, 0.2) is 0 Å². The standard InChI is InChI=1S/C27H29F6N7/c1-3-39(14-17-8-9-17)24-20(12-19-6-4-5-7-23(19)34-24)16-40(25-35-37-38(2)36-25)15-18-10-21(26(28,29)30)13-22(11-18)27(31,32)33/h4-7,10-13,17,37H,3,8-9,14-16H2,1-2H3,(H,35,36). The number of rotatable bonds is 8. The van der Waals surface area contributed by atoms with Gasteiger partial charge < -0.3 is 9.80 Å². The van der Waals surface area contributed by atoms with Crippen molar-refractivity contribution in [2.75, 3.05) is 25.0 Å².